The molecule has 1 heterocycles. The number of aliphatic imine (C=N–C) groups is 1. The van der Waals surface area contributed by atoms with Crippen molar-refractivity contribution in [2.45, 2.75) is 31.7 Å². The number of rotatable bonds is 5. The Morgan fingerprint density at radius 1 is 1.39 bits per heavy atom. The summed E-state index contributed by atoms with van der Waals surface area (Å²) < 4.78 is 5.38. The fourth-order valence-electron chi connectivity index (χ4n) is 2.89. The van der Waals surface area contributed by atoms with Gasteiger partial charge in [-0.1, -0.05) is 0 Å². The number of carbonyl (C=O) groups excluding carboxylic acids is 1. The van der Waals surface area contributed by atoms with Gasteiger partial charge in [0.15, 0.2) is 5.96 Å². The van der Waals surface area contributed by atoms with E-state index < -0.39 is 0 Å². The average molecular weight is 321 g/mol. The highest BCUT2D eigenvalue weighted by atomic mass is 16.5. The molecule has 128 valence electrons. The van der Waals surface area contributed by atoms with Crippen molar-refractivity contribution in [1.29, 1.82) is 5.26 Å². The smallest absolute Gasteiger partial charge is 0.243 e. The van der Waals surface area contributed by atoms with Crippen molar-refractivity contribution in [3.8, 4) is 6.07 Å². The zero-order valence-corrected chi connectivity index (χ0v) is 14.0. The largest absolute Gasteiger partial charge is 0.381 e. The Hall–Kier alpha value is -1.81. The predicted octanol–water partition coefficient (Wildman–Crippen LogP) is 0.339. The topological polar surface area (TPSA) is 89.8 Å². The SMILES string of the molecule is CN(C)C(=O)CN=C(NCC1CCOC1)NC1CCCC1C#N. The zero-order valence-electron chi connectivity index (χ0n) is 14.0. The number of nitrogens with zero attached hydrogens (tertiary/aromatic N) is 3. The Bertz CT molecular complexity index is 466. The molecule has 1 saturated heterocycles. The number of nitrogens with one attached hydrogen (secondary N) is 2. The molecule has 0 radical (unpaired) electrons. The number of hydrogen-bond donors (Lipinski definition) is 2. The molecule has 3 atom stereocenters. The number of ether oxygens (including phenoxy) is 1. The van der Waals surface area contributed by atoms with Gasteiger partial charge in [0.25, 0.3) is 0 Å². The van der Waals surface area contributed by atoms with E-state index in [1.165, 1.54) is 4.90 Å². The van der Waals surface area contributed by atoms with Crippen LogP contribution in [0.5, 0.6) is 0 Å². The second-order valence-corrected chi connectivity index (χ2v) is 6.48. The van der Waals surface area contributed by atoms with Gasteiger partial charge in [-0.3, -0.25) is 4.79 Å². The highest BCUT2D eigenvalue weighted by Gasteiger charge is 2.28. The van der Waals surface area contributed by atoms with Crippen molar-refractivity contribution in [2.75, 3.05) is 40.4 Å². The van der Waals surface area contributed by atoms with E-state index in [0.717, 1.165) is 45.4 Å². The van der Waals surface area contributed by atoms with Gasteiger partial charge in [0.05, 0.1) is 18.6 Å². The summed E-state index contributed by atoms with van der Waals surface area (Å²) in [5, 5.41) is 15.9. The van der Waals surface area contributed by atoms with E-state index >= 15 is 0 Å². The van der Waals surface area contributed by atoms with Crippen LogP contribution in [0.2, 0.25) is 0 Å². The van der Waals surface area contributed by atoms with Crippen LogP contribution in [0.25, 0.3) is 0 Å². The predicted molar refractivity (Wildman–Crippen MR) is 87.8 cm³/mol. The van der Waals surface area contributed by atoms with Gasteiger partial charge in [-0.2, -0.15) is 5.26 Å². The third kappa shape index (κ3) is 5.39. The second kappa shape index (κ2) is 8.73. The number of amides is 1. The Morgan fingerprint density at radius 2 is 2.22 bits per heavy atom. The van der Waals surface area contributed by atoms with Gasteiger partial charge in [0.2, 0.25) is 5.91 Å². The van der Waals surface area contributed by atoms with Crippen LogP contribution in [0, 0.1) is 23.2 Å². The molecule has 1 saturated carbocycles. The van der Waals surface area contributed by atoms with Crippen molar-refractivity contribution < 1.29 is 9.53 Å². The van der Waals surface area contributed by atoms with Crippen LogP contribution in [0.4, 0.5) is 0 Å². The van der Waals surface area contributed by atoms with E-state index in [4.69, 9.17) is 4.74 Å². The molecule has 0 spiro atoms. The summed E-state index contributed by atoms with van der Waals surface area (Å²) in [5.41, 5.74) is 0. The lowest BCUT2D eigenvalue weighted by atomic mass is 10.1. The van der Waals surface area contributed by atoms with Gasteiger partial charge < -0.3 is 20.3 Å². The minimum absolute atomic E-state index is 0.0152. The lowest BCUT2D eigenvalue weighted by molar-refractivity contribution is -0.127. The molecule has 7 nitrogen and oxygen atoms in total. The number of carbonyl (C=O) groups is 1. The van der Waals surface area contributed by atoms with Gasteiger partial charge in [0.1, 0.15) is 6.54 Å². The van der Waals surface area contributed by atoms with Crippen LogP contribution in [0.15, 0.2) is 4.99 Å². The van der Waals surface area contributed by atoms with Crippen molar-refractivity contribution in [3.63, 3.8) is 0 Å². The summed E-state index contributed by atoms with van der Waals surface area (Å²) in [6, 6.07) is 2.47. The van der Waals surface area contributed by atoms with Crippen LogP contribution in [0.1, 0.15) is 25.7 Å². The Kier molecular flexibility index (Phi) is 6.66. The minimum atomic E-state index is -0.0430. The molecule has 1 aliphatic heterocycles. The third-order valence-corrected chi connectivity index (χ3v) is 4.46. The molecule has 2 N–H and O–H groups in total. The first-order valence-electron chi connectivity index (χ1n) is 8.32. The molecule has 23 heavy (non-hydrogen) atoms. The first kappa shape index (κ1) is 17.5. The van der Waals surface area contributed by atoms with Gasteiger partial charge in [-0.15, -0.1) is 0 Å². The van der Waals surface area contributed by atoms with E-state index in [2.05, 4.69) is 21.7 Å². The molecule has 2 fully saturated rings. The molecule has 2 rings (SSSR count). The minimum Gasteiger partial charge on any atom is -0.381 e. The summed E-state index contributed by atoms with van der Waals surface area (Å²) in [5.74, 6) is 1.07. The molecular weight excluding hydrogens is 294 g/mol. The van der Waals surface area contributed by atoms with E-state index in [0.29, 0.717) is 11.9 Å². The maximum absolute atomic E-state index is 11.8. The first-order chi connectivity index (χ1) is 11.1. The van der Waals surface area contributed by atoms with Gasteiger partial charge in [0, 0.05) is 39.2 Å². The molecule has 2 aliphatic rings. The number of likely N-dealkylation sites (N-methyl/N-ethyl adjacent to an activating group) is 1. The third-order valence-electron chi connectivity index (χ3n) is 4.46. The lowest BCUT2D eigenvalue weighted by Crippen LogP contribution is -2.46. The number of guanidine groups is 1. The molecule has 3 unspecified atom stereocenters. The van der Waals surface area contributed by atoms with Crippen LogP contribution in [-0.2, 0) is 9.53 Å². The Labute approximate surface area is 138 Å². The van der Waals surface area contributed by atoms with Crippen LogP contribution in [0.3, 0.4) is 0 Å². The molecule has 0 aromatic heterocycles. The summed E-state index contributed by atoms with van der Waals surface area (Å²) >= 11 is 0. The molecular formula is C16H27N5O2. The summed E-state index contributed by atoms with van der Waals surface area (Å²) in [7, 11) is 3.44. The lowest BCUT2D eigenvalue weighted by Gasteiger charge is -2.21. The van der Waals surface area contributed by atoms with Gasteiger partial charge >= 0.3 is 0 Å². The van der Waals surface area contributed by atoms with Gasteiger partial charge in [-0.25, -0.2) is 4.99 Å². The second-order valence-electron chi connectivity index (χ2n) is 6.48. The molecule has 0 aromatic rings. The summed E-state index contributed by atoms with van der Waals surface area (Å²) in [4.78, 5) is 17.7. The maximum atomic E-state index is 11.8. The fourth-order valence-corrected chi connectivity index (χ4v) is 2.89. The fraction of sp³-hybridized carbons (Fsp3) is 0.812. The number of hydrogen-bond acceptors (Lipinski definition) is 4. The maximum Gasteiger partial charge on any atom is 0.243 e. The normalized spacial score (nSPS) is 27.5. The molecule has 7 heteroatoms. The van der Waals surface area contributed by atoms with Crippen LogP contribution < -0.4 is 10.6 Å². The van der Waals surface area contributed by atoms with Crippen molar-refractivity contribution in [3.05, 3.63) is 0 Å². The quantitative estimate of drug-likeness (QED) is 0.563. The van der Waals surface area contributed by atoms with E-state index in [1.807, 2.05) is 0 Å². The highest BCUT2D eigenvalue weighted by molar-refractivity contribution is 5.85. The zero-order chi connectivity index (χ0) is 16.7. The standard InChI is InChI=1S/C16H27N5O2/c1-21(2)15(22)10-19-16(18-9-12-6-7-23-11-12)20-14-5-3-4-13(14)8-17/h12-14H,3-7,9-11H2,1-2H3,(H2,18,19,20). The van der Waals surface area contributed by atoms with Crippen molar-refractivity contribution in [2.24, 2.45) is 16.8 Å². The summed E-state index contributed by atoms with van der Waals surface area (Å²) in [6.45, 7) is 2.45. The molecule has 1 amide bonds. The van der Waals surface area contributed by atoms with Crippen LogP contribution in [-0.4, -0.2) is 63.2 Å². The Balaban J connectivity index is 1.93. The molecule has 1 aliphatic carbocycles. The van der Waals surface area contributed by atoms with E-state index in [1.54, 1.807) is 14.1 Å². The van der Waals surface area contributed by atoms with E-state index in [-0.39, 0.29) is 24.4 Å². The molecule has 0 aromatic carbocycles. The summed E-state index contributed by atoms with van der Waals surface area (Å²) in [6.07, 6.45) is 3.99. The van der Waals surface area contributed by atoms with Gasteiger partial charge in [-0.05, 0) is 25.7 Å². The highest BCUT2D eigenvalue weighted by Crippen LogP contribution is 2.24. The monoisotopic (exact) mass is 321 g/mol. The first-order valence-corrected chi connectivity index (χ1v) is 8.32. The van der Waals surface area contributed by atoms with Crippen molar-refractivity contribution >= 4 is 11.9 Å². The average Bonchev–Trinajstić information content (AvgIpc) is 3.20. The van der Waals surface area contributed by atoms with Crippen molar-refractivity contribution in [1.82, 2.24) is 15.5 Å². The van der Waals surface area contributed by atoms with E-state index in [9.17, 15) is 10.1 Å². The number of nitriles is 1. The molecule has 0 bridgehead atoms. The van der Waals surface area contributed by atoms with Crippen LogP contribution >= 0.6 is 0 Å². The Morgan fingerprint density at radius 3 is 2.87 bits per heavy atom.